The summed E-state index contributed by atoms with van der Waals surface area (Å²) in [6.07, 6.45) is 47.0. The minimum Gasteiger partial charge on any atom is -0.481 e. The van der Waals surface area contributed by atoms with Crippen LogP contribution in [0.2, 0.25) is 0 Å². The number of aliphatic carboxylic acids is 1. The number of hydrogen-bond acceptors (Lipinski definition) is 3. The largest absolute Gasteiger partial charge is 0.481 e. The van der Waals surface area contributed by atoms with Crippen LogP contribution in [-0.2, 0) is 14.3 Å². The van der Waals surface area contributed by atoms with Gasteiger partial charge in [0.25, 0.3) is 0 Å². The highest BCUT2D eigenvalue weighted by Crippen LogP contribution is 2.15. The van der Waals surface area contributed by atoms with Crippen LogP contribution in [0.4, 0.5) is 0 Å². The minimum atomic E-state index is -0.717. The zero-order valence-corrected chi connectivity index (χ0v) is 29.0. The Morgan fingerprint density at radius 2 is 0.955 bits per heavy atom. The van der Waals surface area contributed by atoms with Crippen LogP contribution in [0, 0.1) is 0 Å². The van der Waals surface area contributed by atoms with Gasteiger partial charge in [-0.05, 0) is 83.1 Å². The highest BCUT2D eigenvalue weighted by Gasteiger charge is 2.11. The van der Waals surface area contributed by atoms with Gasteiger partial charge in [0.1, 0.15) is 6.10 Å². The molecule has 0 saturated carbocycles. The Bertz CT molecular complexity index is 748. The lowest BCUT2D eigenvalue weighted by Crippen LogP contribution is -2.16. The molecule has 0 aliphatic heterocycles. The Labute approximate surface area is 272 Å². The number of carboxylic acid groups (broad SMARTS) is 1. The second-order valence-corrected chi connectivity index (χ2v) is 12.4. The van der Waals surface area contributed by atoms with Crippen molar-refractivity contribution >= 4 is 11.9 Å². The molecule has 0 bridgehead atoms. The van der Waals surface area contributed by atoms with Gasteiger partial charge in [-0.25, -0.2) is 0 Å². The molecule has 4 nitrogen and oxygen atoms in total. The Kier molecular flexibility index (Phi) is 33.7. The SMILES string of the molecule is CCCCC/C=C\C/C=C\C/C=C\C(CCCCCCCC(=O)O)OC(=O)CCCCCCC/C=C\CCCCCCCC. The third-order valence-electron chi connectivity index (χ3n) is 8.01. The average Bonchev–Trinajstić information content (AvgIpc) is 3.00. The molecule has 0 fully saturated rings. The second kappa shape index (κ2) is 35.4. The van der Waals surface area contributed by atoms with Crippen molar-refractivity contribution < 1.29 is 19.4 Å². The summed E-state index contributed by atoms with van der Waals surface area (Å²) in [5, 5.41) is 8.79. The van der Waals surface area contributed by atoms with E-state index >= 15 is 0 Å². The highest BCUT2D eigenvalue weighted by molar-refractivity contribution is 5.69. The summed E-state index contributed by atoms with van der Waals surface area (Å²) < 4.78 is 5.87. The number of unbranched alkanes of at least 4 members (excludes halogenated alkanes) is 18. The summed E-state index contributed by atoms with van der Waals surface area (Å²) in [4.78, 5) is 23.3. The van der Waals surface area contributed by atoms with Crippen molar-refractivity contribution in [3.05, 3.63) is 48.6 Å². The molecule has 0 heterocycles. The molecule has 0 saturated heterocycles. The number of rotatable bonds is 33. The van der Waals surface area contributed by atoms with E-state index in [0.29, 0.717) is 6.42 Å². The summed E-state index contributed by atoms with van der Waals surface area (Å²) in [6.45, 7) is 4.50. The van der Waals surface area contributed by atoms with Crippen LogP contribution in [0.3, 0.4) is 0 Å². The van der Waals surface area contributed by atoms with Crippen LogP contribution in [0.1, 0.15) is 187 Å². The Hall–Kier alpha value is -2.10. The van der Waals surface area contributed by atoms with Crippen molar-refractivity contribution in [1.82, 2.24) is 0 Å². The predicted molar refractivity (Wildman–Crippen MR) is 190 cm³/mol. The second-order valence-electron chi connectivity index (χ2n) is 12.4. The molecule has 0 spiro atoms. The van der Waals surface area contributed by atoms with E-state index in [-0.39, 0.29) is 18.5 Å². The molecule has 0 aromatic rings. The standard InChI is InChI=1S/C40H70O4/c1-3-5-7-9-11-13-15-16-17-18-20-22-24-29-33-37-40(43)44-38(35-31-27-25-28-32-36-39(41)42)34-30-26-23-21-19-14-12-10-8-6-4-2/h12,14,16-17,21,23,30,34,38H,3-11,13,15,18-20,22,24-29,31-33,35-37H2,1-2H3,(H,41,42)/b14-12-,17-16-,23-21-,34-30-. The minimum absolute atomic E-state index is 0.0810. The van der Waals surface area contributed by atoms with Crippen molar-refractivity contribution in [2.45, 2.75) is 193 Å². The van der Waals surface area contributed by atoms with Gasteiger partial charge in [0, 0.05) is 12.8 Å². The van der Waals surface area contributed by atoms with Crippen LogP contribution in [-0.4, -0.2) is 23.1 Å². The monoisotopic (exact) mass is 615 g/mol. The first-order chi connectivity index (χ1) is 21.6. The molecule has 44 heavy (non-hydrogen) atoms. The lowest BCUT2D eigenvalue weighted by molar-refractivity contribution is -0.147. The van der Waals surface area contributed by atoms with E-state index in [4.69, 9.17) is 9.84 Å². The van der Waals surface area contributed by atoms with Crippen molar-refractivity contribution in [3.63, 3.8) is 0 Å². The lowest BCUT2D eigenvalue weighted by atomic mass is 10.1. The Morgan fingerprint density at radius 1 is 0.523 bits per heavy atom. The molecule has 1 unspecified atom stereocenters. The summed E-state index contributed by atoms with van der Waals surface area (Å²) in [5.41, 5.74) is 0. The molecule has 0 aromatic heterocycles. The summed E-state index contributed by atoms with van der Waals surface area (Å²) in [6, 6.07) is 0. The van der Waals surface area contributed by atoms with Crippen LogP contribution in [0.25, 0.3) is 0 Å². The molecule has 0 aliphatic carbocycles. The zero-order valence-electron chi connectivity index (χ0n) is 29.0. The van der Waals surface area contributed by atoms with Gasteiger partial charge in [-0.15, -0.1) is 0 Å². The van der Waals surface area contributed by atoms with Crippen LogP contribution >= 0.6 is 0 Å². The average molecular weight is 615 g/mol. The summed E-state index contributed by atoms with van der Waals surface area (Å²) >= 11 is 0. The maximum absolute atomic E-state index is 12.6. The van der Waals surface area contributed by atoms with Gasteiger partial charge >= 0.3 is 11.9 Å². The third kappa shape index (κ3) is 34.4. The van der Waals surface area contributed by atoms with Crippen LogP contribution in [0.15, 0.2) is 48.6 Å². The molecule has 1 atom stereocenters. The van der Waals surface area contributed by atoms with E-state index < -0.39 is 5.97 Å². The molecule has 0 aromatic carbocycles. The molecule has 0 radical (unpaired) electrons. The number of carboxylic acids is 1. The molecule has 0 amide bonds. The Balaban J connectivity index is 4.19. The maximum Gasteiger partial charge on any atom is 0.306 e. The molecule has 254 valence electrons. The first-order valence-corrected chi connectivity index (χ1v) is 18.6. The van der Waals surface area contributed by atoms with E-state index in [0.717, 1.165) is 64.2 Å². The van der Waals surface area contributed by atoms with Gasteiger partial charge in [0.15, 0.2) is 0 Å². The van der Waals surface area contributed by atoms with E-state index in [1.54, 1.807) is 0 Å². The van der Waals surface area contributed by atoms with Crippen molar-refractivity contribution in [2.24, 2.45) is 0 Å². The van der Waals surface area contributed by atoms with E-state index in [1.807, 2.05) is 0 Å². The van der Waals surface area contributed by atoms with Crippen LogP contribution < -0.4 is 0 Å². The van der Waals surface area contributed by atoms with Gasteiger partial charge in [0.05, 0.1) is 0 Å². The summed E-state index contributed by atoms with van der Waals surface area (Å²) in [5.74, 6) is -0.798. The van der Waals surface area contributed by atoms with E-state index in [9.17, 15) is 9.59 Å². The van der Waals surface area contributed by atoms with Gasteiger partial charge < -0.3 is 9.84 Å². The maximum atomic E-state index is 12.6. The van der Waals surface area contributed by atoms with Gasteiger partial charge in [-0.1, -0.05) is 140 Å². The quantitative estimate of drug-likeness (QED) is 0.0454. The smallest absolute Gasteiger partial charge is 0.306 e. The third-order valence-corrected chi connectivity index (χ3v) is 8.01. The normalized spacial score (nSPS) is 12.8. The fourth-order valence-electron chi connectivity index (χ4n) is 5.22. The number of allylic oxidation sites excluding steroid dienone is 7. The molecular formula is C40H70O4. The van der Waals surface area contributed by atoms with Gasteiger partial charge in [-0.3, -0.25) is 9.59 Å². The van der Waals surface area contributed by atoms with E-state index in [1.165, 1.54) is 96.3 Å². The number of esters is 1. The highest BCUT2D eigenvalue weighted by atomic mass is 16.5. The number of carbonyl (C=O) groups excluding carboxylic acids is 1. The molecule has 0 aliphatic rings. The van der Waals surface area contributed by atoms with Crippen molar-refractivity contribution in [1.29, 1.82) is 0 Å². The fraction of sp³-hybridized carbons (Fsp3) is 0.750. The number of ether oxygens (including phenoxy) is 1. The first kappa shape index (κ1) is 41.9. The Morgan fingerprint density at radius 3 is 1.57 bits per heavy atom. The molecule has 0 rings (SSSR count). The van der Waals surface area contributed by atoms with Crippen LogP contribution in [0.5, 0.6) is 0 Å². The predicted octanol–water partition coefficient (Wildman–Crippen LogP) is 12.8. The number of hydrogen-bond donors (Lipinski definition) is 1. The molecular weight excluding hydrogens is 544 g/mol. The lowest BCUT2D eigenvalue weighted by Gasteiger charge is -2.14. The topological polar surface area (TPSA) is 63.6 Å². The van der Waals surface area contributed by atoms with Crippen molar-refractivity contribution in [3.8, 4) is 0 Å². The van der Waals surface area contributed by atoms with Crippen molar-refractivity contribution in [2.75, 3.05) is 0 Å². The summed E-state index contributed by atoms with van der Waals surface area (Å²) in [7, 11) is 0. The van der Waals surface area contributed by atoms with Gasteiger partial charge in [0.2, 0.25) is 0 Å². The van der Waals surface area contributed by atoms with E-state index in [2.05, 4.69) is 62.5 Å². The first-order valence-electron chi connectivity index (χ1n) is 18.6. The zero-order chi connectivity index (χ0) is 32.2. The molecule has 4 heteroatoms. The van der Waals surface area contributed by atoms with Gasteiger partial charge in [-0.2, -0.15) is 0 Å². The number of carbonyl (C=O) groups is 2. The molecule has 1 N–H and O–H groups in total. The fourth-order valence-corrected chi connectivity index (χ4v) is 5.22.